The number of alkyl carbamates (subject to hydrolysis) is 1. The second-order valence-corrected chi connectivity index (χ2v) is 7.90. The fourth-order valence-corrected chi connectivity index (χ4v) is 4.14. The topological polar surface area (TPSA) is 64.6 Å². The third-order valence-electron chi connectivity index (χ3n) is 5.72. The fraction of sp³-hybridized carbons (Fsp3) is 0.214. The molecule has 3 aromatic carbocycles. The second-order valence-electron chi connectivity index (χ2n) is 7.90. The fourth-order valence-electron chi connectivity index (χ4n) is 4.14. The van der Waals surface area contributed by atoms with Crippen LogP contribution in [0.2, 0.25) is 0 Å². The van der Waals surface area contributed by atoms with Crippen LogP contribution in [0.4, 0.5) is 9.18 Å². The van der Waals surface area contributed by atoms with E-state index in [2.05, 4.69) is 29.6 Å². The molecule has 1 aliphatic rings. The lowest BCUT2D eigenvalue weighted by Crippen LogP contribution is -2.26. The molecule has 0 unspecified atom stereocenters. The first-order chi connectivity index (χ1) is 16.6. The molecule has 3 aromatic rings. The summed E-state index contributed by atoms with van der Waals surface area (Å²) in [7, 11) is 0. The van der Waals surface area contributed by atoms with Gasteiger partial charge in [0.1, 0.15) is 12.4 Å². The van der Waals surface area contributed by atoms with E-state index < -0.39 is 17.9 Å². The summed E-state index contributed by atoms with van der Waals surface area (Å²) in [6.45, 7) is 2.50. The van der Waals surface area contributed by atoms with Crippen molar-refractivity contribution in [3.63, 3.8) is 0 Å². The summed E-state index contributed by atoms with van der Waals surface area (Å²) in [4.78, 5) is 24.0. The van der Waals surface area contributed by atoms with Gasteiger partial charge in [0.15, 0.2) is 0 Å². The highest BCUT2D eigenvalue weighted by atomic mass is 19.1. The zero-order valence-electron chi connectivity index (χ0n) is 18.9. The minimum atomic E-state index is -0.688. The molecule has 1 aliphatic carbocycles. The van der Waals surface area contributed by atoms with E-state index in [0.717, 1.165) is 0 Å². The van der Waals surface area contributed by atoms with E-state index in [-0.39, 0.29) is 24.7 Å². The number of carbonyl (C=O) groups is 2. The number of ether oxygens (including phenoxy) is 2. The Morgan fingerprint density at radius 2 is 1.65 bits per heavy atom. The van der Waals surface area contributed by atoms with Crippen molar-refractivity contribution < 1.29 is 23.5 Å². The molecule has 4 rings (SSSR count). The average molecular weight is 460 g/mol. The Morgan fingerprint density at radius 3 is 2.32 bits per heavy atom. The molecule has 5 nitrogen and oxygen atoms in total. The van der Waals surface area contributed by atoms with Crippen molar-refractivity contribution in [1.82, 2.24) is 5.32 Å². The normalized spacial score (nSPS) is 12.3. The van der Waals surface area contributed by atoms with Crippen molar-refractivity contribution in [1.29, 1.82) is 0 Å². The highest BCUT2D eigenvalue weighted by molar-refractivity contribution is 5.90. The van der Waals surface area contributed by atoms with Gasteiger partial charge in [-0.15, -0.1) is 0 Å². The Labute approximate surface area is 198 Å². The highest BCUT2D eigenvalue weighted by Crippen LogP contribution is 2.44. The van der Waals surface area contributed by atoms with E-state index in [0.29, 0.717) is 18.5 Å². The Bertz CT molecular complexity index is 1180. The Hall–Kier alpha value is -3.93. The number of nitrogens with one attached hydrogen (secondary N) is 1. The molecule has 0 aliphatic heterocycles. The summed E-state index contributed by atoms with van der Waals surface area (Å²) in [5.41, 5.74) is 5.28. The predicted octanol–water partition coefficient (Wildman–Crippen LogP) is 5.94. The van der Waals surface area contributed by atoms with Gasteiger partial charge < -0.3 is 14.8 Å². The SMILES string of the molecule is CCOC(=O)c1cc(C=CCCNC(=O)OCC2c3ccccc3-c3ccccc32)ccc1F. The van der Waals surface area contributed by atoms with Crippen LogP contribution in [0, 0.1) is 5.82 Å². The average Bonchev–Trinajstić information content (AvgIpc) is 3.17. The number of halogens is 1. The standard InChI is InChI=1S/C28H26FNO4/c1-2-33-27(31)24-17-19(14-15-26(24)29)9-7-8-16-30-28(32)34-18-25-22-12-5-3-10-20(22)21-11-4-6-13-23(21)25/h3-7,9-15,17,25H,2,8,16,18H2,1H3,(H,30,32). The molecule has 0 fully saturated rings. The van der Waals surface area contributed by atoms with Gasteiger partial charge in [0.2, 0.25) is 0 Å². The van der Waals surface area contributed by atoms with E-state index in [1.54, 1.807) is 19.1 Å². The van der Waals surface area contributed by atoms with Crippen LogP contribution in [0.15, 0.2) is 72.8 Å². The Morgan fingerprint density at radius 1 is 0.971 bits per heavy atom. The number of rotatable bonds is 8. The molecule has 0 atom stereocenters. The maximum Gasteiger partial charge on any atom is 0.407 e. The van der Waals surface area contributed by atoms with E-state index in [4.69, 9.17) is 9.47 Å². The zero-order valence-corrected chi connectivity index (χ0v) is 18.9. The molecule has 174 valence electrons. The van der Waals surface area contributed by atoms with Gasteiger partial charge in [-0.25, -0.2) is 14.0 Å². The van der Waals surface area contributed by atoms with Gasteiger partial charge in [-0.2, -0.15) is 0 Å². The van der Waals surface area contributed by atoms with Crippen LogP contribution in [0.3, 0.4) is 0 Å². The molecule has 0 spiro atoms. The molecule has 0 radical (unpaired) electrons. The molecule has 0 bridgehead atoms. The van der Waals surface area contributed by atoms with Gasteiger partial charge in [0.05, 0.1) is 12.2 Å². The van der Waals surface area contributed by atoms with Gasteiger partial charge in [-0.3, -0.25) is 0 Å². The van der Waals surface area contributed by atoms with Gasteiger partial charge in [0.25, 0.3) is 0 Å². The number of amides is 1. The second kappa shape index (κ2) is 10.8. The number of hydrogen-bond acceptors (Lipinski definition) is 4. The summed E-state index contributed by atoms with van der Waals surface area (Å²) in [6.07, 6.45) is 3.69. The molecule has 6 heteroatoms. The van der Waals surface area contributed by atoms with Crippen LogP contribution in [0.1, 0.15) is 46.3 Å². The number of carbonyl (C=O) groups excluding carboxylic acids is 2. The third-order valence-corrected chi connectivity index (χ3v) is 5.72. The number of fused-ring (bicyclic) bond motifs is 3. The van der Waals surface area contributed by atoms with Crippen molar-refractivity contribution in [2.24, 2.45) is 0 Å². The minimum Gasteiger partial charge on any atom is -0.462 e. The first-order valence-corrected chi connectivity index (χ1v) is 11.3. The van der Waals surface area contributed by atoms with Crippen LogP contribution in [-0.4, -0.2) is 31.8 Å². The van der Waals surface area contributed by atoms with Crippen LogP contribution in [0.25, 0.3) is 17.2 Å². The maximum absolute atomic E-state index is 13.8. The van der Waals surface area contributed by atoms with Crippen LogP contribution < -0.4 is 5.32 Å². The molecular formula is C28H26FNO4. The summed E-state index contributed by atoms with van der Waals surface area (Å²) < 4.78 is 24.2. The van der Waals surface area contributed by atoms with Gasteiger partial charge >= 0.3 is 12.1 Å². The first-order valence-electron chi connectivity index (χ1n) is 11.3. The van der Waals surface area contributed by atoms with Crippen molar-refractivity contribution in [3.8, 4) is 11.1 Å². The van der Waals surface area contributed by atoms with Gasteiger partial charge in [-0.1, -0.05) is 66.7 Å². The first kappa shape index (κ1) is 23.2. The summed E-state index contributed by atoms with van der Waals surface area (Å²) >= 11 is 0. The smallest absolute Gasteiger partial charge is 0.407 e. The van der Waals surface area contributed by atoms with Crippen molar-refractivity contribution >= 4 is 18.1 Å². The molecule has 0 saturated heterocycles. The monoisotopic (exact) mass is 459 g/mol. The Balaban J connectivity index is 1.26. The molecule has 1 amide bonds. The quantitative estimate of drug-likeness (QED) is 0.334. The van der Waals surface area contributed by atoms with Crippen molar-refractivity contribution in [2.45, 2.75) is 19.3 Å². The highest BCUT2D eigenvalue weighted by Gasteiger charge is 2.28. The molecule has 0 saturated carbocycles. The summed E-state index contributed by atoms with van der Waals surface area (Å²) in [5.74, 6) is -1.29. The van der Waals surface area contributed by atoms with Crippen molar-refractivity contribution in [2.75, 3.05) is 19.8 Å². The van der Waals surface area contributed by atoms with E-state index in [9.17, 15) is 14.0 Å². The molecule has 0 aromatic heterocycles. The van der Waals surface area contributed by atoms with Crippen LogP contribution in [0.5, 0.6) is 0 Å². The number of hydrogen-bond donors (Lipinski definition) is 1. The maximum atomic E-state index is 13.8. The lowest BCUT2D eigenvalue weighted by molar-refractivity contribution is 0.0521. The zero-order chi connectivity index (χ0) is 23.9. The molecule has 34 heavy (non-hydrogen) atoms. The number of benzene rings is 3. The van der Waals surface area contributed by atoms with Gasteiger partial charge in [-0.05, 0) is 53.3 Å². The van der Waals surface area contributed by atoms with Gasteiger partial charge in [0, 0.05) is 12.5 Å². The lowest BCUT2D eigenvalue weighted by atomic mass is 9.98. The van der Waals surface area contributed by atoms with E-state index >= 15 is 0 Å². The predicted molar refractivity (Wildman–Crippen MR) is 129 cm³/mol. The van der Waals surface area contributed by atoms with Crippen LogP contribution in [-0.2, 0) is 9.47 Å². The summed E-state index contributed by atoms with van der Waals surface area (Å²) in [5, 5.41) is 2.75. The summed E-state index contributed by atoms with van der Waals surface area (Å²) in [6, 6.07) is 20.6. The van der Waals surface area contributed by atoms with E-state index in [1.165, 1.54) is 34.4 Å². The number of esters is 1. The van der Waals surface area contributed by atoms with E-state index in [1.807, 2.05) is 30.3 Å². The molecule has 1 N–H and O–H groups in total. The largest absolute Gasteiger partial charge is 0.462 e. The van der Waals surface area contributed by atoms with Crippen LogP contribution >= 0.6 is 0 Å². The van der Waals surface area contributed by atoms with Crippen molar-refractivity contribution in [3.05, 3.63) is 101 Å². The minimum absolute atomic E-state index is 0.0186. The Kier molecular flexibility index (Phi) is 7.38. The lowest BCUT2D eigenvalue weighted by Gasteiger charge is -2.14. The molecule has 0 heterocycles. The third kappa shape index (κ3) is 5.17. The molecular weight excluding hydrogens is 433 g/mol.